The second-order valence-electron chi connectivity index (χ2n) is 5.78. The second-order valence-corrected chi connectivity index (χ2v) is 6.21. The summed E-state index contributed by atoms with van der Waals surface area (Å²) in [7, 11) is 0. The van der Waals surface area contributed by atoms with Gasteiger partial charge in [0.05, 0.1) is 11.3 Å². The summed E-state index contributed by atoms with van der Waals surface area (Å²) in [4.78, 5) is 2.32. The summed E-state index contributed by atoms with van der Waals surface area (Å²) in [6.45, 7) is 6.69. The van der Waals surface area contributed by atoms with Gasteiger partial charge in [-0.2, -0.15) is 5.26 Å². The third-order valence-corrected chi connectivity index (χ3v) is 3.99. The highest BCUT2D eigenvalue weighted by Gasteiger charge is 2.24. The lowest BCUT2D eigenvalue weighted by Gasteiger charge is -2.25. The van der Waals surface area contributed by atoms with Crippen LogP contribution in [-0.2, 0) is 0 Å². The molecular formula is C15H19ClN2. The molecule has 0 atom stereocenters. The van der Waals surface area contributed by atoms with Gasteiger partial charge in [-0.05, 0) is 42.9 Å². The molecule has 18 heavy (non-hydrogen) atoms. The second kappa shape index (κ2) is 5.20. The highest BCUT2D eigenvalue weighted by molar-refractivity contribution is 6.30. The molecule has 0 amide bonds. The maximum absolute atomic E-state index is 9.21. The molecule has 1 heterocycles. The molecule has 0 aliphatic carbocycles. The van der Waals surface area contributed by atoms with Gasteiger partial charge in [0.15, 0.2) is 0 Å². The summed E-state index contributed by atoms with van der Waals surface area (Å²) in [6.07, 6.45) is 3.60. The lowest BCUT2D eigenvalue weighted by atomic mass is 9.85. The topological polar surface area (TPSA) is 27.0 Å². The van der Waals surface area contributed by atoms with Gasteiger partial charge in [0.25, 0.3) is 0 Å². The van der Waals surface area contributed by atoms with Crippen molar-refractivity contribution in [3.05, 3.63) is 28.8 Å². The van der Waals surface area contributed by atoms with E-state index < -0.39 is 0 Å². The van der Waals surface area contributed by atoms with E-state index in [0.717, 1.165) is 18.8 Å². The van der Waals surface area contributed by atoms with Crippen molar-refractivity contribution >= 4 is 17.3 Å². The van der Waals surface area contributed by atoms with Crippen LogP contribution in [0.5, 0.6) is 0 Å². The number of nitriles is 1. The molecule has 0 spiro atoms. The van der Waals surface area contributed by atoms with Gasteiger partial charge in [-0.15, -0.1) is 0 Å². The molecule has 0 saturated carbocycles. The van der Waals surface area contributed by atoms with Crippen molar-refractivity contribution in [2.24, 2.45) is 5.41 Å². The number of rotatable bonds is 1. The molecule has 3 heteroatoms. The van der Waals surface area contributed by atoms with Crippen LogP contribution in [0, 0.1) is 16.7 Å². The van der Waals surface area contributed by atoms with Crippen molar-refractivity contribution in [3.63, 3.8) is 0 Å². The fraction of sp³-hybridized carbons (Fsp3) is 0.533. The van der Waals surface area contributed by atoms with Crippen LogP contribution in [0.4, 0.5) is 5.69 Å². The van der Waals surface area contributed by atoms with E-state index >= 15 is 0 Å². The fourth-order valence-electron chi connectivity index (χ4n) is 2.54. The molecule has 1 fully saturated rings. The van der Waals surface area contributed by atoms with Crippen molar-refractivity contribution in [2.75, 3.05) is 18.0 Å². The third kappa shape index (κ3) is 2.97. The number of hydrogen-bond donors (Lipinski definition) is 0. The molecule has 0 aromatic heterocycles. The van der Waals surface area contributed by atoms with E-state index in [0.29, 0.717) is 16.0 Å². The van der Waals surface area contributed by atoms with Gasteiger partial charge in [-0.3, -0.25) is 0 Å². The van der Waals surface area contributed by atoms with E-state index in [1.54, 1.807) is 6.07 Å². The lowest BCUT2D eigenvalue weighted by molar-refractivity contribution is 0.325. The Morgan fingerprint density at radius 1 is 1.28 bits per heavy atom. The number of anilines is 1. The summed E-state index contributed by atoms with van der Waals surface area (Å²) in [5, 5.41) is 9.84. The molecule has 1 aliphatic rings. The van der Waals surface area contributed by atoms with Crippen molar-refractivity contribution in [3.8, 4) is 6.07 Å². The smallest absolute Gasteiger partial charge is 0.101 e. The van der Waals surface area contributed by atoms with Gasteiger partial charge in [0, 0.05) is 18.1 Å². The number of halogens is 1. The highest BCUT2D eigenvalue weighted by Crippen LogP contribution is 2.33. The zero-order chi connectivity index (χ0) is 13.2. The van der Waals surface area contributed by atoms with Crippen molar-refractivity contribution in [1.29, 1.82) is 5.26 Å². The van der Waals surface area contributed by atoms with E-state index in [1.165, 1.54) is 19.3 Å². The summed E-state index contributed by atoms with van der Waals surface area (Å²) in [5.41, 5.74) is 2.12. The quantitative estimate of drug-likeness (QED) is 0.757. The van der Waals surface area contributed by atoms with Gasteiger partial charge < -0.3 is 4.90 Å². The lowest BCUT2D eigenvalue weighted by Crippen LogP contribution is -2.25. The first-order valence-corrected chi connectivity index (χ1v) is 6.84. The molecule has 0 unspecified atom stereocenters. The predicted molar refractivity (Wildman–Crippen MR) is 76.0 cm³/mol. The molecule has 96 valence electrons. The Morgan fingerprint density at radius 3 is 2.78 bits per heavy atom. The molecule has 1 aromatic carbocycles. The molecule has 1 aliphatic heterocycles. The van der Waals surface area contributed by atoms with Crippen LogP contribution in [0.15, 0.2) is 18.2 Å². The molecule has 0 radical (unpaired) electrons. The Kier molecular flexibility index (Phi) is 3.82. The van der Waals surface area contributed by atoms with Crippen molar-refractivity contribution < 1.29 is 0 Å². The minimum Gasteiger partial charge on any atom is -0.370 e. The van der Waals surface area contributed by atoms with Gasteiger partial charge in [0.1, 0.15) is 6.07 Å². The van der Waals surface area contributed by atoms with Crippen LogP contribution < -0.4 is 4.90 Å². The average molecular weight is 263 g/mol. The van der Waals surface area contributed by atoms with Gasteiger partial charge >= 0.3 is 0 Å². The zero-order valence-corrected chi connectivity index (χ0v) is 11.8. The highest BCUT2D eigenvalue weighted by atomic mass is 35.5. The number of nitrogens with zero attached hydrogens (tertiary/aromatic N) is 2. The predicted octanol–water partition coefficient (Wildman–Crippen LogP) is 4.23. The Morgan fingerprint density at radius 2 is 2.06 bits per heavy atom. The van der Waals surface area contributed by atoms with Crippen molar-refractivity contribution in [1.82, 2.24) is 0 Å². The van der Waals surface area contributed by atoms with Crippen LogP contribution >= 0.6 is 11.6 Å². The maximum Gasteiger partial charge on any atom is 0.101 e. The standard InChI is InChI=1S/C15H19ClN2/c1-15(2)6-3-8-18(9-7-15)14-5-4-13(16)10-12(14)11-17/h4-5,10H,3,6-9H2,1-2H3. The Bertz CT molecular complexity index is 474. The molecule has 2 rings (SSSR count). The zero-order valence-electron chi connectivity index (χ0n) is 11.0. The normalized spacial score (nSPS) is 19.1. The minimum absolute atomic E-state index is 0.411. The summed E-state index contributed by atoms with van der Waals surface area (Å²) in [5.74, 6) is 0. The Hall–Kier alpha value is -1.20. The average Bonchev–Trinajstić information content (AvgIpc) is 2.50. The molecule has 0 N–H and O–H groups in total. The SMILES string of the molecule is CC1(C)CCCN(c2ccc(Cl)cc2C#N)CC1. The number of benzene rings is 1. The van der Waals surface area contributed by atoms with E-state index in [2.05, 4.69) is 24.8 Å². The molecule has 0 bridgehead atoms. The first-order chi connectivity index (χ1) is 8.52. The fourth-order valence-corrected chi connectivity index (χ4v) is 2.71. The van der Waals surface area contributed by atoms with E-state index in [-0.39, 0.29) is 0 Å². The monoisotopic (exact) mass is 262 g/mol. The first-order valence-electron chi connectivity index (χ1n) is 6.46. The van der Waals surface area contributed by atoms with Crippen LogP contribution in [-0.4, -0.2) is 13.1 Å². The van der Waals surface area contributed by atoms with Gasteiger partial charge in [-0.1, -0.05) is 25.4 Å². The molecular weight excluding hydrogens is 244 g/mol. The molecule has 2 nitrogen and oxygen atoms in total. The van der Waals surface area contributed by atoms with Crippen LogP contribution in [0.25, 0.3) is 0 Å². The molecule has 1 aromatic rings. The van der Waals surface area contributed by atoms with Gasteiger partial charge in [-0.25, -0.2) is 0 Å². The third-order valence-electron chi connectivity index (χ3n) is 3.76. The van der Waals surface area contributed by atoms with E-state index in [1.807, 2.05) is 12.1 Å². The summed E-state index contributed by atoms with van der Waals surface area (Å²) >= 11 is 5.94. The van der Waals surface area contributed by atoms with Crippen molar-refractivity contribution in [2.45, 2.75) is 33.1 Å². The maximum atomic E-state index is 9.21. The first kappa shape index (κ1) is 13.2. The minimum atomic E-state index is 0.411. The Balaban J connectivity index is 2.24. The number of hydrogen-bond acceptors (Lipinski definition) is 2. The van der Waals surface area contributed by atoms with E-state index in [9.17, 15) is 5.26 Å². The van der Waals surface area contributed by atoms with Crippen LogP contribution in [0.1, 0.15) is 38.7 Å². The van der Waals surface area contributed by atoms with E-state index in [4.69, 9.17) is 11.6 Å². The largest absolute Gasteiger partial charge is 0.370 e. The Labute approximate surface area is 114 Å². The summed E-state index contributed by atoms with van der Waals surface area (Å²) in [6, 6.07) is 7.85. The molecule has 1 saturated heterocycles. The summed E-state index contributed by atoms with van der Waals surface area (Å²) < 4.78 is 0. The van der Waals surface area contributed by atoms with Gasteiger partial charge in [0.2, 0.25) is 0 Å². The van der Waals surface area contributed by atoms with Crippen LogP contribution in [0.2, 0.25) is 5.02 Å². The van der Waals surface area contributed by atoms with Crippen LogP contribution in [0.3, 0.4) is 0 Å².